The van der Waals surface area contributed by atoms with E-state index in [4.69, 9.17) is 16.6 Å². The van der Waals surface area contributed by atoms with Crippen LogP contribution in [-0.4, -0.2) is 47.6 Å². The molecular weight excluding hydrogens is 264 g/mol. The molecular formula is C12H22N4O4. The number of carbonyl (C=O) groups is 3. The fourth-order valence-electron chi connectivity index (χ4n) is 2.31. The largest absolute Gasteiger partial charge is 0.394 e. The molecule has 0 aliphatic heterocycles. The van der Waals surface area contributed by atoms with Gasteiger partial charge in [-0.1, -0.05) is 0 Å². The molecule has 1 saturated carbocycles. The summed E-state index contributed by atoms with van der Waals surface area (Å²) in [4.78, 5) is 34.5. The summed E-state index contributed by atoms with van der Waals surface area (Å²) in [5, 5.41) is 14.0. The molecule has 0 saturated heterocycles. The van der Waals surface area contributed by atoms with Crippen LogP contribution in [0.3, 0.4) is 0 Å². The lowest BCUT2D eigenvalue weighted by molar-refractivity contribution is -0.132. The molecule has 8 heteroatoms. The van der Waals surface area contributed by atoms with Crippen molar-refractivity contribution in [1.82, 2.24) is 10.6 Å². The van der Waals surface area contributed by atoms with Gasteiger partial charge in [-0.05, 0) is 31.7 Å². The van der Waals surface area contributed by atoms with E-state index < -0.39 is 35.9 Å². The summed E-state index contributed by atoms with van der Waals surface area (Å²) in [5.74, 6) is -1.70. The minimum Gasteiger partial charge on any atom is -0.394 e. The van der Waals surface area contributed by atoms with Crippen molar-refractivity contribution in [1.29, 1.82) is 0 Å². The SMILES string of the molecule is CC(=O)N[C@@H](CO)C(=O)NC1(C(N)=O)CC1CCCN. The van der Waals surface area contributed by atoms with Gasteiger partial charge in [-0.15, -0.1) is 0 Å². The van der Waals surface area contributed by atoms with Crippen molar-refractivity contribution in [3.63, 3.8) is 0 Å². The number of rotatable bonds is 8. The average molecular weight is 286 g/mol. The molecule has 0 spiro atoms. The second-order valence-electron chi connectivity index (χ2n) is 5.09. The molecule has 1 rings (SSSR count). The summed E-state index contributed by atoms with van der Waals surface area (Å²) >= 11 is 0. The highest BCUT2D eigenvalue weighted by molar-refractivity contribution is 5.96. The summed E-state index contributed by atoms with van der Waals surface area (Å²) in [7, 11) is 0. The molecule has 3 amide bonds. The van der Waals surface area contributed by atoms with Crippen molar-refractivity contribution in [3.05, 3.63) is 0 Å². The molecule has 114 valence electrons. The Hall–Kier alpha value is -1.67. The molecule has 7 N–H and O–H groups in total. The van der Waals surface area contributed by atoms with Crippen molar-refractivity contribution < 1.29 is 19.5 Å². The lowest BCUT2D eigenvalue weighted by Crippen LogP contribution is -2.56. The zero-order valence-electron chi connectivity index (χ0n) is 11.5. The van der Waals surface area contributed by atoms with Crippen molar-refractivity contribution in [2.75, 3.05) is 13.2 Å². The summed E-state index contributed by atoms with van der Waals surface area (Å²) in [5.41, 5.74) is 9.69. The molecule has 1 fully saturated rings. The van der Waals surface area contributed by atoms with Gasteiger partial charge in [-0.25, -0.2) is 0 Å². The highest BCUT2D eigenvalue weighted by Crippen LogP contribution is 2.46. The van der Waals surface area contributed by atoms with E-state index in [9.17, 15) is 14.4 Å². The molecule has 1 aliphatic rings. The quantitative estimate of drug-likeness (QED) is 0.337. The van der Waals surface area contributed by atoms with Gasteiger partial charge in [-0.2, -0.15) is 0 Å². The Kier molecular flexibility index (Phi) is 5.46. The zero-order chi connectivity index (χ0) is 15.3. The maximum Gasteiger partial charge on any atom is 0.245 e. The van der Waals surface area contributed by atoms with Crippen molar-refractivity contribution in [3.8, 4) is 0 Å². The van der Waals surface area contributed by atoms with E-state index in [1.54, 1.807) is 0 Å². The van der Waals surface area contributed by atoms with Gasteiger partial charge in [0.15, 0.2) is 0 Å². The van der Waals surface area contributed by atoms with E-state index in [0.717, 1.165) is 6.42 Å². The van der Waals surface area contributed by atoms with Crippen LogP contribution in [0.2, 0.25) is 0 Å². The van der Waals surface area contributed by atoms with Crippen molar-refractivity contribution in [2.24, 2.45) is 17.4 Å². The number of nitrogens with one attached hydrogen (secondary N) is 2. The molecule has 0 aromatic heterocycles. The summed E-state index contributed by atoms with van der Waals surface area (Å²) < 4.78 is 0. The predicted molar refractivity (Wildman–Crippen MR) is 71.2 cm³/mol. The van der Waals surface area contributed by atoms with Crippen LogP contribution >= 0.6 is 0 Å². The Morgan fingerprint density at radius 3 is 2.55 bits per heavy atom. The van der Waals surface area contributed by atoms with Crippen LogP contribution in [0.25, 0.3) is 0 Å². The third kappa shape index (κ3) is 3.67. The number of nitrogens with two attached hydrogens (primary N) is 2. The Balaban J connectivity index is 2.65. The van der Waals surface area contributed by atoms with Crippen LogP contribution in [0.15, 0.2) is 0 Å². The van der Waals surface area contributed by atoms with Crippen LogP contribution < -0.4 is 22.1 Å². The molecule has 0 heterocycles. The molecule has 0 aromatic rings. The number of aliphatic hydroxyl groups excluding tert-OH is 1. The van der Waals surface area contributed by atoms with Gasteiger partial charge in [0.2, 0.25) is 17.7 Å². The van der Waals surface area contributed by atoms with Gasteiger partial charge >= 0.3 is 0 Å². The first-order valence-electron chi connectivity index (χ1n) is 6.57. The van der Waals surface area contributed by atoms with E-state index in [2.05, 4.69) is 10.6 Å². The first-order chi connectivity index (χ1) is 9.37. The maximum absolute atomic E-state index is 12.0. The van der Waals surface area contributed by atoms with E-state index in [1.807, 2.05) is 0 Å². The third-order valence-corrected chi connectivity index (χ3v) is 3.52. The second-order valence-corrected chi connectivity index (χ2v) is 5.09. The molecule has 1 aliphatic carbocycles. The third-order valence-electron chi connectivity index (χ3n) is 3.52. The van der Waals surface area contributed by atoms with Crippen LogP contribution in [0.5, 0.6) is 0 Å². The van der Waals surface area contributed by atoms with Crippen LogP contribution in [0.1, 0.15) is 26.2 Å². The molecule has 3 atom stereocenters. The van der Waals surface area contributed by atoms with Gasteiger partial charge in [0.25, 0.3) is 0 Å². The van der Waals surface area contributed by atoms with E-state index in [1.165, 1.54) is 6.92 Å². The predicted octanol–water partition coefficient (Wildman–Crippen LogP) is -2.42. The lowest BCUT2D eigenvalue weighted by Gasteiger charge is -2.20. The first kappa shape index (κ1) is 16.4. The van der Waals surface area contributed by atoms with Crippen molar-refractivity contribution in [2.45, 2.75) is 37.8 Å². The monoisotopic (exact) mass is 286 g/mol. The average Bonchev–Trinajstić information content (AvgIpc) is 3.07. The fourth-order valence-corrected chi connectivity index (χ4v) is 2.31. The Morgan fingerprint density at radius 2 is 2.10 bits per heavy atom. The summed E-state index contributed by atoms with van der Waals surface area (Å²) in [6.07, 6.45) is 1.90. The van der Waals surface area contributed by atoms with Crippen LogP contribution in [0.4, 0.5) is 0 Å². The van der Waals surface area contributed by atoms with Gasteiger partial charge in [0.1, 0.15) is 11.6 Å². The number of hydrogen-bond acceptors (Lipinski definition) is 5. The standard InChI is InChI=1S/C12H22N4O4/c1-7(18)15-9(6-17)10(19)16-12(11(14)20)5-8(12)3-2-4-13/h8-9,17H,2-6,13H2,1H3,(H2,14,20)(H,15,18)(H,16,19)/t8?,9-,12?/m0/s1. The van der Waals surface area contributed by atoms with Crippen LogP contribution in [0, 0.1) is 5.92 Å². The molecule has 2 unspecified atom stereocenters. The summed E-state index contributed by atoms with van der Waals surface area (Å²) in [6, 6.07) is -1.08. The molecule has 8 nitrogen and oxygen atoms in total. The first-order valence-corrected chi connectivity index (χ1v) is 6.57. The molecule has 0 bridgehead atoms. The Bertz CT molecular complexity index is 401. The Morgan fingerprint density at radius 1 is 1.45 bits per heavy atom. The molecule has 0 radical (unpaired) electrons. The van der Waals surface area contributed by atoms with E-state index in [-0.39, 0.29) is 5.92 Å². The Labute approximate surface area is 117 Å². The van der Waals surface area contributed by atoms with Gasteiger partial charge < -0.3 is 27.2 Å². The summed E-state index contributed by atoms with van der Waals surface area (Å²) in [6.45, 7) is 1.19. The second kappa shape index (κ2) is 6.67. The number of hydrogen-bond donors (Lipinski definition) is 5. The number of carbonyl (C=O) groups excluding carboxylic acids is 3. The molecule has 20 heavy (non-hydrogen) atoms. The highest BCUT2D eigenvalue weighted by Gasteiger charge is 2.59. The van der Waals surface area contributed by atoms with Crippen molar-refractivity contribution >= 4 is 17.7 Å². The van der Waals surface area contributed by atoms with Gasteiger partial charge in [0, 0.05) is 6.92 Å². The molecule has 0 aromatic carbocycles. The lowest BCUT2D eigenvalue weighted by atomic mass is 10.1. The van der Waals surface area contributed by atoms with Gasteiger partial charge in [0.05, 0.1) is 6.61 Å². The van der Waals surface area contributed by atoms with E-state index in [0.29, 0.717) is 19.4 Å². The van der Waals surface area contributed by atoms with Crippen LogP contribution in [-0.2, 0) is 14.4 Å². The van der Waals surface area contributed by atoms with Gasteiger partial charge in [-0.3, -0.25) is 14.4 Å². The highest BCUT2D eigenvalue weighted by atomic mass is 16.3. The number of amides is 3. The topological polar surface area (TPSA) is 148 Å². The van der Waals surface area contributed by atoms with E-state index >= 15 is 0 Å². The smallest absolute Gasteiger partial charge is 0.245 e. The fraction of sp³-hybridized carbons (Fsp3) is 0.750. The minimum absolute atomic E-state index is 0.0378. The maximum atomic E-state index is 12.0. The zero-order valence-corrected chi connectivity index (χ0v) is 11.5. The number of primary amides is 1. The normalized spacial score (nSPS) is 25.6. The number of aliphatic hydroxyl groups is 1. The minimum atomic E-state index is -1.08.